The van der Waals surface area contributed by atoms with Gasteiger partial charge < -0.3 is 15.0 Å². The Hall–Kier alpha value is -2.90. The molecule has 0 aromatic heterocycles. The van der Waals surface area contributed by atoms with Crippen LogP contribution in [0.5, 0.6) is 0 Å². The summed E-state index contributed by atoms with van der Waals surface area (Å²) in [4.78, 5) is 49.9. The number of alkyl carbamates (subject to hydrolysis) is 1. The second kappa shape index (κ2) is 7.85. The molecule has 154 valence electrons. The molecule has 2 aliphatic heterocycles. The summed E-state index contributed by atoms with van der Waals surface area (Å²) in [5, 5.41) is 5.05. The SMILES string of the molecule is C[C@H]1CCC[C@@H]1OC(=O)NCc1ccc2c(c1)C(=O)N(C1CCC(=O)NC1=O)C2. The topological polar surface area (TPSA) is 105 Å². The maximum atomic E-state index is 12.8. The maximum absolute atomic E-state index is 12.8. The first-order chi connectivity index (χ1) is 13.9. The quantitative estimate of drug-likeness (QED) is 0.752. The summed E-state index contributed by atoms with van der Waals surface area (Å²) in [7, 11) is 0. The summed E-state index contributed by atoms with van der Waals surface area (Å²) in [6, 6.07) is 4.83. The lowest BCUT2D eigenvalue weighted by molar-refractivity contribution is -0.136. The van der Waals surface area contributed by atoms with E-state index in [-0.39, 0.29) is 30.9 Å². The van der Waals surface area contributed by atoms with Crippen molar-refractivity contribution in [2.45, 2.75) is 64.3 Å². The highest BCUT2D eigenvalue weighted by Gasteiger charge is 2.39. The Morgan fingerprint density at radius 2 is 2.07 bits per heavy atom. The Morgan fingerprint density at radius 3 is 2.79 bits per heavy atom. The van der Waals surface area contributed by atoms with Crippen molar-refractivity contribution in [1.29, 1.82) is 0 Å². The van der Waals surface area contributed by atoms with E-state index in [1.165, 1.54) is 4.90 Å². The Kier molecular flexibility index (Phi) is 5.25. The highest BCUT2D eigenvalue weighted by atomic mass is 16.6. The van der Waals surface area contributed by atoms with Crippen LogP contribution in [0.4, 0.5) is 4.79 Å². The van der Waals surface area contributed by atoms with Gasteiger partial charge in [-0.25, -0.2) is 4.79 Å². The molecular formula is C21H25N3O5. The van der Waals surface area contributed by atoms with Crippen molar-refractivity contribution in [2.24, 2.45) is 5.92 Å². The fraction of sp³-hybridized carbons (Fsp3) is 0.524. The average molecular weight is 399 g/mol. The van der Waals surface area contributed by atoms with Crippen LogP contribution in [0.15, 0.2) is 18.2 Å². The van der Waals surface area contributed by atoms with Crippen molar-refractivity contribution in [2.75, 3.05) is 0 Å². The first-order valence-corrected chi connectivity index (χ1v) is 10.1. The number of carbonyl (C=O) groups excluding carboxylic acids is 4. The molecule has 8 nitrogen and oxygen atoms in total. The van der Waals surface area contributed by atoms with Crippen LogP contribution in [0, 0.1) is 5.92 Å². The number of nitrogens with one attached hydrogen (secondary N) is 2. The van der Waals surface area contributed by atoms with Crippen LogP contribution in [0.2, 0.25) is 0 Å². The minimum Gasteiger partial charge on any atom is -0.446 e. The molecule has 1 aromatic carbocycles. The van der Waals surface area contributed by atoms with Crippen LogP contribution in [-0.2, 0) is 27.4 Å². The highest BCUT2D eigenvalue weighted by Crippen LogP contribution is 2.29. The Bertz CT molecular complexity index is 868. The van der Waals surface area contributed by atoms with Crippen LogP contribution < -0.4 is 10.6 Å². The number of rotatable bonds is 4. The normalized spacial score (nSPS) is 26.3. The summed E-state index contributed by atoms with van der Waals surface area (Å²) in [6.07, 6.45) is 3.15. The lowest BCUT2D eigenvalue weighted by Gasteiger charge is -2.29. The molecule has 3 aliphatic rings. The zero-order valence-corrected chi connectivity index (χ0v) is 16.4. The van der Waals surface area contributed by atoms with E-state index in [4.69, 9.17) is 4.74 Å². The van der Waals surface area contributed by atoms with Crippen molar-refractivity contribution in [1.82, 2.24) is 15.5 Å². The molecule has 1 unspecified atom stereocenters. The van der Waals surface area contributed by atoms with E-state index < -0.39 is 18.0 Å². The number of benzene rings is 1. The minimum atomic E-state index is -0.627. The Labute approximate surface area is 169 Å². The van der Waals surface area contributed by atoms with Crippen molar-refractivity contribution in [3.05, 3.63) is 34.9 Å². The molecule has 2 fully saturated rings. The van der Waals surface area contributed by atoms with E-state index >= 15 is 0 Å². The Morgan fingerprint density at radius 1 is 1.24 bits per heavy atom. The third-order valence-electron chi connectivity index (χ3n) is 6.07. The van der Waals surface area contributed by atoms with E-state index in [9.17, 15) is 19.2 Å². The minimum absolute atomic E-state index is 0.0290. The van der Waals surface area contributed by atoms with Gasteiger partial charge in [0.25, 0.3) is 5.91 Å². The first kappa shape index (κ1) is 19.4. The lowest BCUT2D eigenvalue weighted by atomic mass is 10.0. The number of fused-ring (bicyclic) bond motifs is 1. The van der Waals surface area contributed by atoms with Gasteiger partial charge in [0, 0.05) is 25.1 Å². The van der Waals surface area contributed by atoms with E-state index in [2.05, 4.69) is 17.6 Å². The molecule has 29 heavy (non-hydrogen) atoms. The van der Waals surface area contributed by atoms with Gasteiger partial charge in [0.05, 0.1) is 0 Å². The molecule has 3 atom stereocenters. The zero-order chi connectivity index (χ0) is 20.5. The molecule has 8 heteroatoms. The average Bonchev–Trinajstić information content (AvgIpc) is 3.23. The van der Waals surface area contributed by atoms with Gasteiger partial charge in [-0.3, -0.25) is 19.7 Å². The molecule has 2 N–H and O–H groups in total. The molecule has 1 saturated heterocycles. The summed E-state index contributed by atoms with van der Waals surface area (Å²) in [5.74, 6) is -0.564. The maximum Gasteiger partial charge on any atom is 0.407 e. The second-order valence-corrected chi connectivity index (χ2v) is 8.10. The number of amides is 4. The molecule has 0 bridgehead atoms. The van der Waals surface area contributed by atoms with Gasteiger partial charge in [0.2, 0.25) is 11.8 Å². The van der Waals surface area contributed by atoms with Gasteiger partial charge in [-0.15, -0.1) is 0 Å². The molecule has 2 heterocycles. The molecule has 1 aromatic rings. The number of hydrogen-bond donors (Lipinski definition) is 2. The van der Waals surface area contributed by atoms with Crippen molar-refractivity contribution < 1.29 is 23.9 Å². The monoisotopic (exact) mass is 399 g/mol. The Balaban J connectivity index is 1.37. The third kappa shape index (κ3) is 3.97. The van der Waals surface area contributed by atoms with Gasteiger partial charge in [0.1, 0.15) is 12.1 Å². The number of hydrogen-bond acceptors (Lipinski definition) is 5. The van der Waals surface area contributed by atoms with E-state index in [0.717, 1.165) is 30.4 Å². The molecule has 4 amide bonds. The molecule has 1 saturated carbocycles. The van der Waals surface area contributed by atoms with E-state index in [0.29, 0.717) is 24.4 Å². The van der Waals surface area contributed by atoms with Crippen LogP contribution >= 0.6 is 0 Å². The van der Waals surface area contributed by atoms with Gasteiger partial charge >= 0.3 is 6.09 Å². The number of imide groups is 1. The van der Waals surface area contributed by atoms with Crippen molar-refractivity contribution in [3.63, 3.8) is 0 Å². The molecule has 4 rings (SSSR count). The number of ether oxygens (including phenoxy) is 1. The number of nitrogens with zero attached hydrogens (tertiary/aromatic N) is 1. The van der Waals surface area contributed by atoms with Gasteiger partial charge in [-0.05, 0) is 48.8 Å². The highest BCUT2D eigenvalue weighted by molar-refractivity contribution is 6.05. The van der Waals surface area contributed by atoms with Crippen LogP contribution in [-0.4, -0.2) is 40.9 Å². The summed E-state index contributed by atoms with van der Waals surface area (Å²) < 4.78 is 5.48. The number of carbonyl (C=O) groups is 4. The van der Waals surface area contributed by atoms with E-state index in [1.54, 1.807) is 6.07 Å². The van der Waals surface area contributed by atoms with Gasteiger partial charge in [-0.2, -0.15) is 0 Å². The molecule has 1 aliphatic carbocycles. The fourth-order valence-corrected chi connectivity index (χ4v) is 4.35. The van der Waals surface area contributed by atoms with Crippen LogP contribution in [0.3, 0.4) is 0 Å². The van der Waals surface area contributed by atoms with Gasteiger partial charge in [0.15, 0.2) is 0 Å². The summed E-state index contributed by atoms with van der Waals surface area (Å²) in [5.41, 5.74) is 2.16. The predicted octanol–water partition coefficient (Wildman–Crippen LogP) is 1.86. The fourth-order valence-electron chi connectivity index (χ4n) is 4.35. The first-order valence-electron chi connectivity index (χ1n) is 10.1. The smallest absolute Gasteiger partial charge is 0.407 e. The lowest BCUT2D eigenvalue weighted by Crippen LogP contribution is -2.52. The van der Waals surface area contributed by atoms with E-state index in [1.807, 2.05) is 12.1 Å². The van der Waals surface area contributed by atoms with Gasteiger partial charge in [-0.1, -0.05) is 19.1 Å². The predicted molar refractivity (Wildman–Crippen MR) is 103 cm³/mol. The van der Waals surface area contributed by atoms with Crippen LogP contribution in [0.1, 0.15) is 60.5 Å². The largest absolute Gasteiger partial charge is 0.446 e. The van der Waals surface area contributed by atoms with Crippen molar-refractivity contribution in [3.8, 4) is 0 Å². The number of piperidine rings is 1. The molecule has 0 spiro atoms. The molecular weight excluding hydrogens is 374 g/mol. The second-order valence-electron chi connectivity index (χ2n) is 8.10. The van der Waals surface area contributed by atoms with Crippen LogP contribution in [0.25, 0.3) is 0 Å². The summed E-state index contributed by atoms with van der Waals surface area (Å²) >= 11 is 0. The summed E-state index contributed by atoms with van der Waals surface area (Å²) in [6.45, 7) is 2.69. The van der Waals surface area contributed by atoms with Crippen molar-refractivity contribution >= 4 is 23.8 Å². The molecule has 0 radical (unpaired) electrons. The standard InChI is InChI=1S/C21H25N3O5/c1-12-3-2-4-17(12)29-21(28)22-10-13-5-6-14-11-24(20(27)15(14)9-13)16-7-8-18(25)23-19(16)26/h5-6,9,12,16-17H,2-4,7-8,10-11H2,1H3,(H,22,28)(H,23,25,26)/t12-,16?,17-/m0/s1. The zero-order valence-electron chi connectivity index (χ0n) is 16.4. The third-order valence-corrected chi connectivity index (χ3v) is 6.07.